The molecule has 2 fully saturated rings. The van der Waals surface area contributed by atoms with Crippen LogP contribution in [0, 0.1) is 28.9 Å². The maximum Gasteiger partial charge on any atom is 0.283 e. The fourth-order valence-electron chi connectivity index (χ4n) is 3.39. The predicted octanol–water partition coefficient (Wildman–Crippen LogP) is 2.20. The van der Waals surface area contributed by atoms with Crippen LogP contribution >= 0.6 is 23.7 Å². The van der Waals surface area contributed by atoms with Crippen LogP contribution in [0.3, 0.4) is 0 Å². The van der Waals surface area contributed by atoms with Crippen molar-refractivity contribution in [1.82, 2.24) is 4.90 Å². The SMILES string of the molecule is Cc1sc(C(=O)N2CC3CCC(N)C3C2)cc1[N+](=O)[O-].Cl. The first-order valence-corrected chi connectivity index (χ1v) is 7.58. The van der Waals surface area contributed by atoms with Crippen molar-refractivity contribution in [3.8, 4) is 0 Å². The summed E-state index contributed by atoms with van der Waals surface area (Å²) in [4.78, 5) is 25.7. The van der Waals surface area contributed by atoms with E-state index in [1.807, 2.05) is 4.90 Å². The minimum Gasteiger partial charge on any atom is -0.337 e. The quantitative estimate of drug-likeness (QED) is 0.664. The van der Waals surface area contributed by atoms with Crippen LogP contribution < -0.4 is 5.73 Å². The summed E-state index contributed by atoms with van der Waals surface area (Å²) in [5, 5.41) is 10.9. The number of thiophene rings is 1. The molecule has 1 amide bonds. The average Bonchev–Trinajstić information content (AvgIpc) is 3.05. The molecular formula is C13H18ClN3O3S. The highest BCUT2D eigenvalue weighted by Gasteiger charge is 2.43. The zero-order chi connectivity index (χ0) is 14.4. The Bertz CT molecular complexity index is 577. The summed E-state index contributed by atoms with van der Waals surface area (Å²) in [7, 11) is 0. The van der Waals surface area contributed by atoms with E-state index in [0.29, 0.717) is 28.1 Å². The van der Waals surface area contributed by atoms with Crippen LogP contribution in [-0.4, -0.2) is 34.9 Å². The van der Waals surface area contributed by atoms with Crippen LogP contribution in [0.15, 0.2) is 6.07 Å². The molecule has 1 aromatic rings. The van der Waals surface area contributed by atoms with Gasteiger partial charge >= 0.3 is 0 Å². The molecule has 6 nitrogen and oxygen atoms in total. The third kappa shape index (κ3) is 2.77. The van der Waals surface area contributed by atoms with Crippen molar-refractivity contribution >= 4 is 35.3 Å². The molecule has 0 bridgehead atoms. The topological polar surface area (TPSA) is 89.5 Å². The Morgan fingerprint density at radius 3 is 2.76 bits per heavy atom. The summed E-state index contributed by atoms with van der Waals surface area (Å²) in [6.07, 6.45) is 2.13. The highest BCUT2D eigenvalue weighted by Crippen LogP contribution is 2.38. The highest BCUT2D eigenvalue weighted by atomic mass is 35.5. The van der Waals surface area contributed by atoms with Gasteiger partial charge in [0, 0.05) is 25.2 Å². The number of amides is 1. The van der Waals surface area contributed by atoms with E-state index < -0.39 is 4.92 Å². The molecule has 3 unspecified atom stereocenters. The zero-order valence-corrected chi connectivity index (χ0v) is 13.3. The number of carbonyl (C=O) groups is 1. The molecule has 2 N–H and O–H groups in total. The number of likely N-dealkylation sites (tertiary alicyclic amines) is 1. The van der Waals surface area contributed by atoms with Crippen LogP contribution in [0.4, 0.5) is 5.69 Å². The first-order chi connectivity index (χ1) is 9.47. The minimum atomic E-state index is -0.433. The first-order valence-electron chi connectivity index (χ1n) is 6.77. The molecule has 2 heterocycles. The Balaban J connectivity index is 0.00000161. The van der Waals surface area contributed by atoms with Gasteiger partial charge in [0.15, 0.2) is 0 Å². The molecule has 0 spiro atoms. The van der Waals surface area contributed by atoms with Crippen molar-refractivity contribution in [2.45, 2.75) is 25.8 Å². The molecular weight excluding hydrogens is 314 g/mol. The number of nitrogens with two attached hydrogens (primary N) is 1. The fraction of sp³-hybridized carbons (Fsp3) is 0.615. The van der Waals surface area contributed by atoms with Crippen LogP contribution in [-0.2, 0) is 0 Å². The summed E-state index contributed by atoms with van der Waals surface area (Å²) in [6.45, 7) is 3.10. The molecule has 3 rings (SSSR count). The van der Waals surface area contributed by atoms with Crippen LogP contribution in [0.25, 0.3) is 0 Å². The first kappa shape index (κ1) is 16.2. The number of rotatable bonds is 2. The third-order valence-electron chi connectivity index (χ3n) is 4.50. The maximum absolute atomic E-state index is 12.4. The number of aryl methyl sites for hydroxylation is 1. The Morgan fingerprint density at radius 2 is 2.19 bits per heavy atom. The second-order valence-corrected chi connectivity index (χ2v) is 6.94. The molecule has 3 atom stereocenters. The van der Waals surface area contributed by atoms with E-state index in [0.717, 1.165) is 19.4 Å². The van der Waals surface area contributed by atoms with Crippen molar-refractivity contribution in [2.75, 3.05) is 13.1 Å². The monoisotopic (exact) mass is 331 g/mol. The summed E-state index contributed by atoms with van der Waals surface area (Å²) < 4.78 is 0. The molecule has 1 saturated heterocycles. The fourth-order valence-corrected chi connectivity index (χ4v) is 4.34. The van der Waals surface area contributed by atoms with E-state index in [4.69, 9.17) is 5.73 Å². The Labute approximate surface area is 132 Å². The Kier molecular flexibility index (Phi) is 4.55. The lowest BCUT2D eigenvalue weighted by molar-refractivity contribution is -0.385. The van der Waals surface area contributed by atoms with Crippen molar-refractivity contribution in [3.63, 3.8) is 0 Å². The Hall–Kier alpha value is -1.18. The molecule has 21 heavy (non-hydrogen) atoms. The van der Waals surface area contributed by atoms with Gasteiger partial charge in [-0.05, 0) is 31.6 Å². The number of hydrogen-bond acceptors (Lipinski definition) is 5. The zero-order valence-electron chi connectivity index (χ0n) is 11.7. The lowest BCUT2D eigenvalue weighted by Crippen LogP contribution is -2.33. The molecule has 0 aromatic carbocycles. The second-order valence-electron chi connectivity index (χ2n) is 5.68. The molecule has 1 aromatic heterocycles. The van der Waals surface area contributed by atoms with Crippen molar-refractivity contribution < 1.29 is 9.72 Å². The van der Waals surface area contributed by atoms with Gasteiger partial charge in [-0.2, -0.15) is 0 Å². The number of fused-ring (bicyclic) bond motifs is 1. The van der Waals surface area contributed by atoms with E-state index >= 15 is 0 Å². The molecule has 0 radical (unpaired) electrons. The van der Waals surface area contributed by atoms with Crippen LogP contribution in [0.1, 0.15) is 27.4 Å². The van der Waals surface area contributed by atoms with Gasteiger partial charge in [0.05, 0.1) is 14.7 Å². The maximum atomic E-state index is 12.4. The number of nitrogens with zero attached hydrogens (tertiary/aromatic N) is 2. The van der Waals surface area contributed by atoms with E-state index in [9.17, 15) is 14.9 Å². The van der Waals surface area contributed by atoms with Gasteiger partial charge in [0.1, 0.15) is 0 Å². The largest absolute Gasteiger partial charge is 0.337 e. The lowest BCUT2D eigenvalue weighted by atomic mass is 9.98. The van der Waals surface area contributed by atoms with Crippen molar-refractivity contribution in [3.05, 3.63) is 25.9 Å². The smallest absolute Gasteiger partial charge is 0.283 e. The van der Waals surface area contributed by atoms with E-state index in [1.54, 1.807) is 6.92 Å². The highest BCUT2D eigenvalue weighted by molar-refractivity contribution is 7.14. The standard InChI is InChI=1S/C13H17N3O3S.ClH/c1-7-11(16(18)19)4-12(20-7)13(17)15-5-8-2-3-10(14)9(8)6-15;/h4,8-10H,2-3,5-6,14H2,1H3;1H. The van der Waals surface area contributed by atoms with Gasteiger partial charge in [-0.15, -0.1) is 23.7 Å². The molecule has 116 valence electrons. The number of halogens is 1. The number of carbonyl (C=O) groups excluding carboxylic acids is 1. The predicted molar refractivity (Wildman–Crippen MR) is 83.1 cm³/mol. The van der Waals surface area contributed by atoms with Gasteiger partial charge in [-0.1, -0.05) is 0 Å². The minimum absolute atomic E-state index is 0. The average molecular weight is 332 g/mol. The van der Waals surface area contributed by atoms with Gasteiger partial charge in [0.25, 0.3) is 11.6 Å². The molecule has 8 heteroatoms. The molecule has 1 aliphatic carbocycles. The van der Waals surface area contributed by atoms with Crippen molar-refractivity contribution in [2.24, 2.45) is 17.6 Å². The summed E-state index contributed by atoms with van der Waals surface area (Å²) >= 11 is 1.20. The molecule has 2 aliphatic rings. The van der Waals surface area contributed by atoms with E-state index in [-0.39, 0.29) is 30.0 Å². The lowest BCUT2D eigenvalue weighted by Gasteiger charge is -2.17. The summed E-state index contributed by atoms with van der Waals surface area (Å²) in [5.74, 6) is 0.813. The van der Waals surface area contributed by atoms with E-state index in [1.165, 1.54) is 17.4 Å². The second kappa shape index (κ2) is 5.90. The molecule has 1 saturated carbocycles. The van der Waals surface area contributed by atoms with Gasteiger partial charge in [-0.25, -0.2) is 0 Å². The summed E-state index contributed by atoms with van der Waals surface area (Å²) in [6, 6.07) is 1.59. The van der Waals surface area contributed by atoms with Crippen LogP contribution in [0.2, 0.25) is 0 Å². The normalized spacial score (nSPS) is 27.3. The third-order valence-corrected chi connectivity index (χ3v) is 5.53. The van der Waals surface area contributed by atoms with Gasteiger partial charge in [0.2, 0.25) is 0 Å². The van der Waals surface area contributed by atoms with Crippen molar-refractivity contribution in [1.29, 1.82) is 0 Å². The molecule has 1 aliphatic heterocycles. The van der Waals surface area contributed by atoms with Gasteiger partial charge < -0.3 is 10.6 Å². The number of nitro groups is 1. The summed E-state index contributed by atoms with van der Waals surface area (Å²) in [5.41, 5.74) is 6.10. The van der Waals surface area contributed by atoms with Crippen LogP contribution in [0.5, 0.6) is 0 Å². The van der Waals surface area contributed by atoms with Gasteiger partial charge in [-0.3, -0.25) is 14.9 Å². The number of hydrogen-bond donors (Lipinski definition) is 1. The Morgan fingerprint density at radius 1 is 1.48 bits per heavy atom. The van der Waals surface area contributed by atoms with E-state index in [2.05, 4.69) is 0 Å².